The number of nitrogens with zero attached hydrogens (tertiary/aromatic N) is 3. The van der Waals surface area contributed by atoms with E-state index in [1.54, 1.807) is 31.4 Å². The van der Waals surface area contributed by atoms with Crippen LogP contribution in [-0.4, -0.2) is 60.2 Å². The number of anilines is 1. The summed E-state index contributed by atoms with van der Waals surface area (Å²) in [5.74, 6) is 0.412. The molecular formula is C21H29N5O3S. The molecule has 2 amide bonds. The van der Waals surface area contributed by atoms with Gasteiger partial charge in [0.1, 0.15) is 10.8 Å². The molecule has 0 radical (unpaired) electrons. The number of piperidine rings is 1. The number of nitrogens with one attached hydrogen (secondary N) is 2. The molecule has 0 aliphatic carbocycles. The van der Waals surface area contributed by atoms with Crippen LogP contribution >= 0.6 is 11.3 Å². The molecule has 1 aliphatic rings. The molecule has 8 nitrogen and oxygen atoms in total. The van der Waals surface area contributed by atoms with Gasteiger partial charge in [-0.2, -0.15) is 0 Å². The van der Waals surface area contributed by atoms with Crippen molar-refractivity contribution in [2.45, 2.75) is 38.5 Å². The van der Waals surface area contributed by atoms with Gasteiger partial charge in [-0.25, -0.2) is 0 Å². The van der Waals surface area contributed by atoms with Gasteiger partial charge in [0.05, 0.1) is 7.11 Å². The van der Waals surface area contributed by atoms with Crippen LogP contribution in [0.25, 0.3) is 0 Å². The summed E-state index contributed by atoms with van der Waals surface area (Å²) in [6, 6.07) is 7.06. The van der Waals surface area contributed by atoms with Gasteiger partial charge in [-0.3, -0.25) is 9.59 Å². The number of rotatable bonds is 10. The van der Waals surface area contributed by atoms with Crippen molar-refractivity contribution in [2.24, 2.45) is 0 Å². The van der Waals surface area contributed by atoms with Crippen LogP contribution in [0.2, 0.25) is 0 Å². The van der Waals surface area contributed by atoms with Crippen molar-refractivity contribution in [2.75, 3.05) is 38.6 Å². The van der Waals surface area contributed by atoms with Crippen molar-refractivity contribution < 1.29 is 14.3 Å². The van der Waals surface area contributed by atoms with E-state index in [1.165, 1.54) is 43.7 Å². The van der Waals surface area contributed by atoms with Gasteiger partial charge < -0.3 is 20.3 Å². The number of hydrogen-bond acceptors (Lipinski definition) is 7. The third-order valence-electron chi connectivity index (χ3n) is 5.00. The molecule has 0 atom stereocenters. The second-order valence-corrected chi connectivity index (χ2v) is 8.35. The molecule has 3 rings (SSSR count). The van der Waals surface area contributed by atoms with E-state index in [0.717, 1.165) is 18.7 Å². The Morgan fingerprint density at radius 2 is 1.90 bits per heavy atom. The second kappa shape index (κ2) is 11.6. The molecule has 1 aliphatic heterocycles. The van der Waals surface area contributed by atoms with Crippen molar-refractivity contribution in [1.82, 2.24) is 20.4 Å². The van der Waals surface area contributed by atoms with Gasteiger partial charge in [0, 0.05) is 25.1 Å². The zero-order valence-corrected chi connectivity index (χ0v) is 18.2. The number of carbonyl (C=O) groups is 2. The summed E-state index contributed by atoms with van der Waals surface area (Å²) in [6.45, 7) is 4.10. The van der Waals surface area contributed by atoms with Gasteiger partial charge >= 0.3 is 0 Å². The highest BCUT2D eigenvalue weighted by atomic mass is 32.1. The Bertz CT molecular complexity index is 818. The maximum Gasteiger partial charge on any atom is 0.286 e. The highest BCUT2D eigenvalue weighted by Gasteiger charge is 2.14. The standard InChI is InChI=1S/C21H29N5O3S/c1-29-17-8-6-16(7-9-17)23-20(28)21-25-24-19(30-21)11-10-18(27)22-12-5-15-26-13-3-2-4-14-26/h6-9H,2-5,10-15H2,1H3,(H,22,27)(H,23,28). The first-order valence-electron chi connectivity index (χ1n) is 10.4. The first-order valence-corrected chi connectivity index (χ1v) is 11.2. The van der Waals surface area contributed by atoms with Crippen LogP contribution in [0.5, 0.6) is 5.75 Å². The van der Waals surface area contributed by atoms with Crippen molar-refractivity contribution in [3.05, 3.63) is 34.3 Å². The lowest BCUT2D eigenvalue weighted by atomic mass is 10.1. The first kappa shape index (κ1) is 22.2. The second-order valence-electron chi connectivity index (χ2n) is 7.29. The first-order chi connectivity index (χ1) is 14.6. The van der Waals surface area contributed by atoms with Crippen molar-refractivity contribution in [3.63, 3.8) is 0 Å². The average molecular weight is 432 g/mol. The molecule has 0 spiro atoms. The number of amides is 2. The number of hydrogen-bond donors (Lipinski definition) is 2. The van der Waals surface area contributed by atoms with Crippen molar-refractivity contribution in [3.8, 4) is 5.75 Å². The van der Waals surface area contributed by atoms with Crippen LogP contribution in [0.3, 0.4) is 0 Å². The predicted octanol–water partition coefficient (Wildman–Crippen LogP) is 2.72. The van der Waals surface area contributed by atoms with E-state index in [1.807, 2.05) is 0 Å². The van der Waals surface area contributed by atoms with E-state index in [0.29, 0.717) is 30.1 Å². The Labute approximate surface area is 181 Å². The number of methoxy groups -OCH3 is 1. The zero-order chi connectivity index (χ0) is 21.2. The third kappa shape index (κ3) is 7.07. The fourth-order valence-electron chi connectivity index (χ4n) is 3.33. The molecular weight excluding hydrogens is 402 g/mol. The normalized spacial score (nSPS) is 14.3. The summed E-state index contributed by atoms with van der Waals surface area (Å²) in [7, 11) is 1.59. The predicted molar refractivity (Wildman–Crippen MR) is 117 cm³/mol. The summed E-state index contributed by atoms with van der Waals surface area (Å²) < 4.78 is 5.10. The minimum atomic E-state index is -0.314. The Balaban J connectivity index is 1.34. The molecule has 162 valence electrons. The van der Waals surface area contributed by atoms with Crippen LogP contribution in [0.15, 0.2) is 24.3 Å². The molecule has 9 heteroatoms. The lowest BCUT2D eigenvalue weighted by molar-refractivity contribution is -0.121. The minimum absolute atomic E-state index is 0.00748. The largest absolute Gasteiger partial charge is 0.497 e. The topological polar surface area (TPSA) is 96.5 Å². The summed E-state index contributed by atoms with van der Waals surface area (Å²) in [6.07, 6.45) is 5.70. The molecule has 1 aromatic carbocycles. The quantitative estimate of drug-likeness (QED) is 0.562. The highest BCUT2D eigenvalue weighted by Crippen LogP contribution is 2.17. The smallest absolute Gasteiger partial charge is 0.286 e. The van der Waals surface area contributed by atoms with Gasteiger partial charge in [0.2, 0.25) is 10.9 Å². The van der Waals surface area contributed by atoms with Crippen molar-refractivity contribution in [1.29, 1.82) is 0 Å². The number of likely N-dealkylation sites (tertiary alicyclic amines) is 1. The molecule has 0 bridgehead atoms. The molecule has 1 saturated heterocycles. The SMILES string of the molecule is COc1ccc(NC(=O)c2nnc(CCC(=O)NCCCN3CCCCC3)s2)cc1. The lowest BCUT2D eigenvalue weighted by Gasteiger charge is -2.26. The number of aromatic nitrogens is 2. The molecule has 2 aromatic rings. The monoisotopic (exact) mass is 431 g/mol. The number of benzene rings is 1. The fraction of sp³-hybridized carbons (Fsp3) is 0.524. The minimum Gasteiger partial charge on any atom is -0.497 e. The molecule has 1 fully saturated rings. The number of aryl methyl sites for hydroxylation is 1. The van der Waals surface area contributed by atoms with E-state index in [-0.39, 0.29) is 16.8 Å². The van der Waals surface area contributed by atoms with E-state index in [2.05, 4.69) is 25.7 Å². The van der Waals surface area contributed by atoms with Crippen LogP contribution in [0, 0.1) is 0 Å². The lowest BCUT2D eigenvalue weighted by Crippen LogP contribution is -2.33. The van der Waals surface area contributed by atoms with E-state index >= 15 is 0 Å². The Hall–Kier alpha value is -2.52. The molecule has 30 heavy (non-hydrogen) atoms. The van der Waals surface area contributed by atoms with Gasteiger partial charge in [-0.1, -0.05) is 17.8 Å². The third-order valence-corrected chi connectivity index (χ3v) is 5.98. The van der Waals surface area contributed by atoms with Crippen molar-refractivity contribution >= 4 is 28.8 Å². The Morgan fingerprint density at radius 1 is 1.13 bits per heavy atom. The van der Waals surface area contributed by atoms with Gasteiger partial charge in [-0.15, -0.1) is 10.2 Å². The number of carbonyl (C=O) groups excluding carboxylic acids is 2. The molecule has 2 heterocycles. The molecule has 0 unspecified atom stereocenters. The maximum atomic E-state index is 12.3. The van der Waals surface area contributed by atoms with Gasteiger partial charge in [0.15, 0.2) is 0 Å². The van der Waals surface area contributed by atoms with Gasteiger partial charge in [-0.05, 0) is 63.2 Å². The molecule has 1 aromatic heterocycles. The van der Waals surface area contributed by atoms with Crippen LogP contribution in [-0.2, 0) is 11.2 Å². The van der Waals surface area contributed by atoms with Crippen LogP contribution < -0.4 is 15.4 Å². The Kier molecular flexibility index (Phi) is 8.58. The molecule has 2 N–H and O–H groups in total. The van der Waals surface area contributed by atoms with Gasteiger partial charge in [0.25, 0.3) is 5.91 Å². The Morgan fingerprint density at radius 3 is 2.63 bits per heavy atom. The summed E-state index contributed by atoms with van der Waals surface area (Å²) in [4.78, 5) is 26.8. The maximum absolute atomic E-state index is 12.3. The van der Waals surface area contributed by atoms with E-state index in [4.69, 9.17) is 4.74 Å². The molecule has 0 saturated carbocycles. The zero-order valence-electron chi connectivity index (χ0n) is 17.4. The average Bonchev–Trinajstić information content (AvgIpc) is 3.26. The summed E-state index contributed by atoms with van der Waals surface area (Å²) in [5.41, 5.74) is 0.654. The van der Waals surface area contributed by atoms with Crippen LogP contribution in [0.1, 0.15) is 46.9 Å². The number of ether oxygens (including phenoxy) is 1. The summed E-state index contributed by atoms with van der Waals surface area (Å²) >= 11 is 1.21. The fourth-order valence-corrected chi connectivity index (χ4v) is 4.06. The summed E-state index contributed by atoms with van der Waals surface area (Å²) in [5, 5.41) is 14.7. The van der Waals surface area contributed by atoms with E-state index in [9.17, 15) is 9.59 Å². The highest BCUT2D eigenvalue weighted by molar-refractivity contribution is 7.13. The van der Waals surface area contributed by atoms with Crippen LogP contribution in [0.4, 0.5) is 5.69 Å². The van der Waals surface area contributed by atoms with E-state index < -0.39 is 0 Å².